The minimum atomic E-state index is -0.442. The first kappa shape index (κ1) is 13.5. The molecule has 0 unspecified atom stereocenters. The summed E-state index contributed by atoms with van der Waals surface area (Å²) in [6.07, 6.45) is 9.09. The number of nitrogens with zero attached hydrogens (tertiary/aromatic N) is 1. The number of carbonyl (C=O) groups excluding carboxylic acids is 1. The maximum absolute atomic E-state index is 12.5. The molecule has 0 radical (unpaired) electrons. The minimum Gasteiger partial charge on any atom is -0.397 e. The molecule has 5 nitrogen and oxygen atoms in total. The fraction of sp³-hybridized carbons (Fsp3) is 0.667. The Kier molecular flexibility index (Phi) is 3.46. The van der Waals surface area contributed by atoms with Gasteiger partial charge in [0.05, 0.1) is 17.8 Å². The summed E-state index contributed by atoms with van der Waals surface area (Å²) in [5.74, 6) is -0.107. The van der Waals surface area contributed by atoms with E-state index in [0.29, 0.717) is 17.4 Å². The van der Waals surface area contributed by atoms with Gasteiger partial charge in [-0.05, 0) is 31.7 Å². The second-order valence-electron chi connectivity index (χ2n) is 6.25. The van der Waals surface area contributed by atoms with E-state index in [4.69, 9.17) is 5.73 Å². The fourth-order valence-electron chi connectivity index (χ4n) is 3.19. The average molecular weight is 277 g/mol. The second kappa shape index (κ2) is 5.13. The summed E-state index contributed by atoms with van der Waals surface area (Å²) in [5.41, 5.74) is 6.65. The summed E-state index contributed by atoms with van der Waals surface area (Å²) >= 11 is 0. The number of nitrogens with one attached hydrogen (secondary N) is 1. The molecule has 2 saturated carbocycles. The minimum absolute atomic E-state index is 0.0123. The van der Waals surface area contributed by atoms with Crippen LogP contribution in [0.5, 0.6) is 0 Å². The maximum Gasteiger partial charge on any atom is 0.268 e. The molecule has 0 spiro atoms. The van der Waals surface area contributed by atoms with E-state index in [2.05, 4.69) is 5.32 Å². The van der Waals surface area contributed by atoms with Gasteiger partial charge < -0.3 is 20.7 Å². The van der Waals surface area contributed by atoms with E-state index in [1.54, 1.807) is 6.07 Å². The van der Waals surface area contributed by atoms with E-state index in [-0.39, 0.29) is 12.5 Å². The molecular formula is C15H23N3O2. The summed E-state index contributed by atoms with van der Waals surface area (Å²) < 4.78 is 1.98. The van der Waals surface area contributed by atoms with Crippen LogP contribution in [0.25, 0.3) is 0 Å². The standard InChI is InChI=1S/C15H23N3O2/c16-11-8-13(18(9-11)12-4-5-12)14(20)17-15(10-19)6-2-1-3-7-15/h8-9,12,19H,1-7,10,16H2,(H,17,20). The summed E-state index contributed by atoms with van der Waals surface area (Å²) in [6.45, 7) is 0.0123. The lowest BCUT2D eigenvalue weighted by Crippen LogP contribution is -2.52. The normalized spacial score (nSPS) is 21.6. The van der Waals surface area contributed by atoms with Crippen molar-refractivity contribution in [2.45, 2.75) is 56.5 Å². The number of aliphatic hydroxyl groups excluding tert-OH is 1. The summed E-state index contributed by atoms with van der Waals surface area (Å²) in [7, 11) is 0. The third-order valence-corrected chi connectivity index (χ3v) is 4.53. The Hall–Kier alpha value is -1.49. The SMILES string of the molecule is Nc1cc(C(=O)NC2(CO)CCCCC2)n(C2CC2)c1. The van der Waals surface area contributed by atoms with Crippen molar-refractivity contribution in [2.75, 3.05) is 12.3 Å². The zero-order chi connectivity index (χ0) is 14.2. The first-order valence-corrected chi connectivity index (χ1v) is 7.54. The molecule has 0 bridgehead atoms. The molecule has 1 aromatic heterocycles. The van der Waals surface area contributed by atoms with Gasteiger partial charge in [0.2, 0.25) is 0 Å². The zero-order valence-electron chi connectivity index (χ0n) is 11.8. The van der Waals surface area contributed by atoms with Gasteiger partial charge in [-0.15, -0.1) is 0 Å². The van der Waals surface area contributed by atoms with Crippen LogP contribution in [-0.2, 0) is 0 Å². The van der Waals surface area contributed by atoms with Crippen molar-refractivity contribution in [1.29, 1.82) is 0 Å². The Morgan fingerprint density at radius 3 is 2.70 bits per heavy atom. The Balaban J connectivity index is 1.78. The molecule has 110 valence electrons. The van der Waals surface area contributed by atoms with Gasteiger partial charge in [-0.1, -0.05) is 19.3 Å². The first-order valence-electron chi connectivity index (χ1n) is 7.54. The summed E-state index contributed by atoms with van der Waals surface area (Å²) in [6, 6.07) is 2.16. The van der Waals surface area contributed by atoms with Crippen LogP contribution in [0.4, 0.5) is 5.69 Å². The molecule has 2 fully saturated rings. The Morgan fingerprint density at radius 1 is 1.40 bits per heavy atom. The van der Waals surface area contributed by atoms with Crippen LogP contribution in [0, 0.1) is 0 Å². The predicted octanol–water partition coefficient (Wildman–Crippen LogP) is 1.83. The van der Waals surface area contributed by atoms with Gasteiger partial charge in [-0.25, -0.2) is 0 Å². The Morgan fingerprint density at radius 2 is 2.10 bits per heavy atom. The van der Waals surface area contributed by atoms with Crippen LogP contribution < -0.4 is 11.1 Å². The lowest BCUT2D eigenvalue weighted by molar-refractivity contribution is 0.0749. The molecule has 0 aromatic carbocycles. The fourth-order valence-corrected chi connectivity index (χ4v) is 3.19. The molecule has 4 N–H and O–H groups in total. The zero-order valence-corrected chi connectivity index (χ0v) is 11.8. The first-order chi connectivity index (χ1) is 9.63. The molecule has 2 aliphatic carbocycles. The number of rotatable bonds is 4. The van der Waals surface area contributed by atoms with Crippen molar-refractivity contribution in [3.8, 4) is 0 Å². The van der Waals surface area contributed by atoms with E-state index in [0.717, 1.165) is 38.5 Å². The van der Waals surface area contributed by atoms with E-state index >= 15 is 0 Å². The van der Waals surface area contributed by atoms with Crippen molar-refractivity contribution in [2.24, 2.45) is 0 Å². The number of aliphatic hydroxyl groups is 1. The highest BCUT2D eigenvalue weighted by molar-refractivity contribution is 5.94. The number of nitrogen functional groups attached to an aromatic ring is 1. The van der Waals surface area contributed by atoms with Crippen molar-refractivity contribution < 1.29 is 9.90 Å². The van der Waals surface area contributed by atoms with Gasteiger partial charge in [-0.2, -0.15) is 0 Å². The molecule has 20 heavy (non-hydrogen) atoms. The van der Waals surface area contributed by atoms with Crippen LogP contribution in [0.2, 0.25) is 0 Å². The van der Waals surface area contributed by atoms with Crippen molar-refractivity contribution >= 4 is 11.6 Å². The number of aromatic nitrogens is 1. The molecule has 1 heterocycles. The average Bonchev–Trinajstić information content (AvgIpc) is 3.22. The number of hydrogen-bond acceptors (Lipinski definition) is 3. The number of amides is 1. The van der Waals surface area contributed by atoms with Gasteiger partial charge in [-0.3, -0.25) is 4.79 Å². The van der Waals surface area contributed by atoms with Crippen LogP contribution in [-0.4, -0.2) is 27.7 Å². The van der Waals surface area contributed by atoms with Crippen LogP contribution in [0.3, 0.4) is 0 Å². The van der Waals surface area contributed by atoms with Crippen molar-refractivity contribution in [3.05, 3.63) is 18.0 Å². The quantitative estimate of drug-likeness (QED) is 0.785. The smallest absolute Gasteiger partial charge is 0.268 e. The maximum atomic E-state index is 12.5. The summed E-state index contributed by atoms with van der Waals surface area (Å²) in [4.78, 5) is 12.5. The number of anilines is 1. The molecule has 3 rings (SSSR count). The monoisotopic (exact) mass is 277 g/mol. The third-order valence-electron chi connectivity index (χ3n) is 4.53. The highest BCUT2D eigenvalue weighted by Gasteiger charge is 2.35. The van der Waals surface area contributed by atoms with E-state index < -0.39 is 5.54 Å². The van der Waals surface area contributed by atoms with Crippen LogP contribution >= 0.6 is 0 Å². The lowest BCUT2D eigenvalue weighted by Gasteiger charge is -2.36. The van der Waals surface area contributed by atoms with Crippen LogP contribution in [0.15, 0.2) is 12.3 Å². The molecular weight excluding hydrogens is 254 g/mol. The molecule has 0 saturated heterocycles. The number of nitrogens with two attached hydrogens (primary N) is 1. The highest BCUT2D eigenvalue weighted by Crippen LogP contribution is 2.37. The molecule has 1 amide bonds. The van der Waals surface area contributed by atoms with Gasteiger partial charge in [0.1, 0.15) is 5.69 Å². The predicted molar refractivity (Wildman–Crippen MR) is 77.5 cm³/mol. The van der Waals surface area contributed by atoms with Crippen molar-refractivity contribution in [3.63, 3.8) is 0 Å². The van der Waals surface area contributed by atoms with Crippen molar-refractivity contribution in [1.82, 2.24) is 9.88 Å². The topological polar surface area (TPSA) is 80.3 Å². The van der Waals surface area contributed by atoms with Gasteiger partial charge in [0.15, 0.2) is 0 Å². The van der Waals surface area contributed by atoms with Gasteiger partial charge >= 0.3 is 0 Å². The second-order valence-corrected chi connectivity index (χ2v) is 6.25. The lowest BCUT2D eigenvalue weighted by atomic mass is 9.82. The Bertz CT molecular complexity index is 499. The molecule has 0 atom stereocenters. The molecule has 0 aliphatic heterocycles. The van der Waals surface area contributed by atoms with E-state index in [1.807, 2.05) is 10.8 Å². The molecule has 1 aromatic rings. The van der Waals surface area contributed by atoms with E-state index in [9.17, 15) is 9.90 Å². The molecule has 5 heteroatoms. The Labute approximate surface area is 119 Å². The van der Waals surface area contributed by atoms with Gasteiger partial charge in [0.25, 0.3) is 5.91 Å². The number of hydrogen-bond donors (Lipinski definition) is 3. The third kappa shape index (κ3) is 2.54. The number of carbonyl (C=O) groups is 1. The highest BCUT2D eigenvalue weighted by atomic mass is 16.3. The van der Waals surface area contributed by atoms with Crippen LogP contribution in [0.1, 0.15) is 61.5 Å². The van der Waals surface area contributed by atoms with Gasteiger partial charge in [0, 0.05) is 12.2 Å². The van der Waals surface area contributed by atoms with E-state index in [1.165, 1.54) is 6.42 Å². The molecule has 2 aliphatic rings. The largest absolute Gasteiger partial charge is 0.397 e. The summed E-state index contributed by atoms with van der Waals surface area (Å²) in [5, 5.41) is 12.8.